The molecule has 2 aromatic carbocycles. The van der Waals surface area contributed by atoms with Crippen molar-refractivity contribution >= 4 is 23.2 Å². The lowest BCUT2D eigenvalue weighted by Crippen LogP contribution is -2.20. The van der Waals surface area contributed by atoms with Crippen molar-refractivity contribution in [3.8, 4) is 5.75 Å². The first kappa shape index (κ1) is 16.9. The second-order valence-electron chi connectivity index (χ2n) is 5.76. The van der Waals surface area contributed by atoms with Crippen molar-refractivity contribution in [1.82, 2.24) is 0 Å². The van der Waals surface area contributed by atoms with E-state index in [0.717, 1.165) is 25.0 Å². The van der Waals surface area contributed by atoms with Gasteiger partial charge in [0.2, 0.25) is 5.91 Å². The van der Waals surface area contributed by atoms with Gasteiger partial charge < -0.3 is 15.4 Å². The van der Waals surface area contributed by atoms with E-state index in [2.05, 4.69) is 10.6 Å². The number of carbonyl (C=O) groups is 2. The molecule has 0 radical (unpaired) electrons. The summed E-state index contributed by atoms with van der Waals surface area (Å²) in [7, 11) is 0. The number of benzene rings is 2. The summed E-state index contributed by atoms with van der Waals surface area (Å²) in [6, 6.07) is 9.77. The molecule has 1 fully saturated rings. The molecule has 130 valence electrons. The Morgan fingerprint density at radius 3 is 2.48 bits per heavy atom. The van der Waals surface area contributed by atoms with Gasteiger partial charge in [0.1, 0.15) is 5.75 Å². The van der Waals surface area contributed by atoms with Crippen LogP contribution < -0.4 is 15.4 Å². The molecule has 0 aliphatic heterocycles. The molecular weight excluding hydrogens is 330 g/mol. The van der Waals surface area contributed by atoms with E-state index in [1.54, 1.807) is 24.3 Å². The molecule has 0 unspecified atom stereocenters. The molecular formula is C18H16F2N2O3. The number of halogens is 2. The maximum absolute atomic E-state index is 13.1. The highest BCUT2D eigenvalue weighted by Crippen LogP contribution is 2.30. The summed E-state index contributed by atoms with van der Waals surface area (Å²) in [6.45, 7) is -0.307. The van der Waals surface area contributed by atoms with Gasteiger partial charge in [-0.1, -0.05) is 6.07 Å². The first-order valence-corrected chi connectivity index (χ1v) is 7.80. The minimum Gasteiger partial charge on any atom is -0.484 e. The number of carbonyl (C=O) groups excluding carboxylic acids is 2. The number of amides is 2. The minimum absolute atomic E-state index is 0.0202. The van der Waals surface area contributed by atoms with E-state index in [9.17, 15) is 18.4 Å². The summed E-state index contributed by atoms with van der Waals surface area (Å²) in [5, 5.41) is 5.20. The van der Waals surface area contributed by atoms with Gasteiger partial charge in [-0.05, 0) is 37.1 Å². The Kier molecular flexibility index (Phi) is 4.92. The molecule has 1 aliphatic carbocycles. The van der Waals surface area contributed by atoms with Crippen molar-refractivity contribution < 1.29 is 23.1 Å². The van der Waals surface area contributed by atoms with Crippen molar-refractivity contribution in [3.63, 3.8) is 0 Å². The topological polar surface area (TPSA) is 67.4 Å². The minimum atomic E-state index is -1.04. The van der Waals surface area contributed by atoms with Crippen LogP contribution in [0.25, 0.3) is 0 Å². The molecule has 1 saturated carbocycles. The van der Waals surface area contributed by atoms with Crippen LogP contribution in [0.3, 0.4) is 0 Å². The van der Waals surface area contributed by atoms with E-state index >= 15 is 0 Å². The standard InChI is InChI=1S/C18H16F2N2O3/c19-15-7-6-13(9-16(15)20)21-17(23)10-25-14-3-1-2-12(8-14)22-18(24)11-4-5-11/h1-3,6-9,11H,4-5,10H2,(H,21,23)(H,22,24). The number of ether oxygens (including phenoxy) is 1. The van der Waals surface area contributed by atoms with E-state index < -0.39 is 17.5 Å². The van der Waals surface area contributed by atoms with E-state index in [4.69, 9.17) is 4.74 Å². The molecule has 0 aromatic heterocycles. The predicted molar refractivity (Wildman–Crippen MR) is 88.3 cm³/mol. The van der Waals surface area contributed by atoms with Crippen LogP contribution in [0.4, 0.5) is 20.2 Å². The second kappa shape index (κ2) is 7.29. The molecule has 25 heavy (non-hydrogen) atoms. The highest BCUT2D eigenvalue weighted by Gasteiger charge is 2.29. The molecule has 1 aliphatic rings. The summed E-state index contributed by atoms with van der Waals surface area (Å²) >= 11 is 0. The Morgan fingerprint density at radius 1 is 1.00 bits per heavy atom. The Hall–Kier alpha value is -2.96. The van der Waals surface area contributed by atoms with Gasteiger partial charge in [0, 0.05) is 29.4 Å². The van der Waals surface area contributed by atoms with Crippen LogP contribution in [0, 0.1) is 17.6 Å². The van der Waals surface area contributed by atoms with Crippen molar-refractivity contribution in [1.29, 1.82) is 0 Å². The fourth-order valence-corrected chi connectivity index (χ4v) is 2.17. The third-order valence-corrected chi connectivity index (χ3v) is 3.62. The molecule has 2 aromatic rings. The van der Waals surface area contributed by atoms with Gasteiger partial charge in [0.15, 0.2) is 18.2 Å². The molecule has 0 bridgehead atoms. The lowest BCUT2D eigenvalue weighted by Gasteiger charge is -2.10. The Labute approximate surface area is 143 Å². The lowest BCUT2D eigenvalue weighted by atomic mass is 10.3. The summed E-state index contributed by atoms with van der Waals surface area (Å²) in [6.07, 6.45) is 1.82. The molecule has 3 rings (SSSR count). The normalized spacial score (nSPS) is 13.2. The molecule has 7 heteroatoms. The third kappa shape index (κ3) is 4.76. The Bertz CT molecular complexity index is 807. The van der Waals surface area contributed by atoms with Crippen molar-refractivity contribution in [2.45, 2.75) is 12.8 Å². The molecule has 0 heterocycles. The van der Waals surface area contributed by atoms with Crippen LogP contribution >= 0.6 is 0 Å². The van der Waals surface area contributed by atoms with Crippen LogP contribution in [0.5, 0.6) is 5.75 Å². The zero-order valence-corrected chi connectivity index (χ0v) is 13.2. The van der Waals surface area contributed by atoms with Gasteiger partial charge in [0.25, 0.3) is 5.91 Å². The third-order valence-electron chi connectivity index (χ3n) is 3.62. The first-order valence-electron chi connectivity index (χ1n) is 7.80. The quantitative estimate of drug-likeness (QED) is 0.843. The van der Waals surface area contributed by atoms with Gasteiger partial charge in [-0.15, -0.1) is 0 Å². The fourth-order valence-electron chi connectivity index (χ4n) is 2.17. The van der Waals surface area contributed by atoms with Crippen LogP contribution in [-0.4, -0.2) is 18.4 Å². The van der Waals surface area contributed by atoms with Crippen molar-refractivity contribution in [2.24, 2.45) is 5.92 Å². The zero-order chi connectivity index (χ0) is 17.8. The maximum atomic E-state index is 13.1. The van der Waals surface area contributed by atoms with Gasteiger partial charge >= 0.3 is 0 Å². The SMILES string of the molecule is O=C(COc1cccc(NC(=O)C2CC2)c1)Nc1ccc(F)c(F)c1. The lowest BCUT2D eigenvalue weighted by molar-refractivity contribution is -0.118. The highest BCUT2D eigenvalue weighted by molar-refractivity contribution is 5.94. The molecule has 2 amide bonds. The van der Waals surface area contributed by atoms with Gasteiger partial charge in [-0.3, -0.25) is 9.59 Å². The Balaban J connectivity index is 1.52. The molecule has 0 spiro atoms. The number of hydrogen-bond acceptors (Lipinski definition) is 3. The zero-order valence-electron chi connectivity index (χ0n) is 13.2. The van der Waals surface area contributed by atoms with E-state index in [0.29, 0.717) is 11.4 Å². The van der Waals surface area contributed by atoms with E-state index in [1.807, 2.05) is 0 Å². The predicted octanol–water partition coefficient (Wildman–Crippen LogP) is 3.33. The van der Waals surface area contributed by atoms with Crippen LogP contribution in [0.2, 0.25) is 0 Å². The van der Waals surface area contributed by atoms with Crippen LogP contribution in [-0.2, 0) is 9.59 Å². The van der Waals surface area contributed by atoms with Gasteiger partial charge in [-0.2, -0.15) is 0 Å². The summed E-state index contributed by atoms with van der Waals surface area (Å²) in [4.78, 5) is 23.6. The average Bonchev–Trinajstić information content (AvgIpc) is 3.42. The fraction of sp³-hybridized carbons (Fsp3) is 0.222. The molecule has 5 nitrogen and oxygen atoms in total. The highest BCUT2D eigenvalue weighted by atomic mass is 19.2. The maximum Gasteiger partial charge on any atom is 0.262 e. The monoisotopic (exact) mass is 346 g/mol. The van der Waals surface area contributed by atoms with E-state index in [-0.39, 0.29) is 24.1 Å². The van der Waals surface area contributed by atoms with E-state index in [1.165, 1.54) is 6.07 Å². The van der Waals surface area contributed by atoms with Gasteiger partial charge in [-0.25, -0.2) is 8.78 Å². The van der Waals surface area contributed by atoms with Gasteiger partial charge in [0.05, 0.1) is 0 Å². The average molecular weight is 346 g/mol. The van der Waals surface area contributed by atoms with Crippen molar-refractivity contribution in [2.75, 3.05) is 17.2 Å². The number of nitrogens with one attached hydrogen (secondary N) is 2. The summed E-state index contributed by atoms with van der Waals surface area (Å²) < 4.78 is 31.3. The number of hydrogen-bond donors (Lipinski definition) is 2. The van der Waals surface area contributed by atoms with Crippen LogP contribution in [0.15, 0.2) is 42.5 Å². The molecule has 0 atom stereocenters. The summed E-state index contributed by atoms with van der Waals surface area (Å²) in [5.41, 5.74) is 0.730. The van der Waals surface area contributed by atoms with Crippen molar-refractivity contribution in [3.05, 3.63) is 54.1 Å². The summed E-state index contributed by atoms with van der Waals surface area (Å²) in [5.74, 6) is -2.07. The number of anilines is 2. The molecule has 0 saturated heterocycles. The largest absolute Gasteiger partial charge is 0.484 e. The molecule has 2 N–H and O–H groups in total. The first-order chi connectivity index (χ1) is 12.0. The smallest absolute Gasteiger partial charge is 0.262 e. The second-order valence-corrected chi connectivity index (χ2v) is 5.76. The van der Waals surface area contributed by atoms with Crippen LogP contribution in [0.1, 0.15) is 12.8 Å². The number of rotatable bonds is 6. The Morgan fingerprint density at radius 2 is 1.76 bits per heavy atom.